The predicted octanol–water partition coefficient (Wildman–Crippen LogP) is 5.09. The first-order valence-corrected chi connectivity index (χ1v) is 8.12. The molecule has 0 spiro atoms. The molecule has 1 nitrogen and oxygen atoms in total. The molecule has 1 heteroatoms. The third-order valence-corrected chi connectivity index (χ3v) is 4.60. The van der Waals surface area contributed by atoms with Crippen molar-refractivity contribution in [3.05, 3.63) is 35.9 Å². The maximum atomic E-state index is 3.90. The average Bonchev–Trinajstić information content (AvgIpc) is 2.48. The lowest BCUT2D eigenvalue weighted by Gasteiger charge is -2.32. The molecule has 1 fully saturated rings. The summed E-state index contributed by atoms with van der Waals surface area (Å²) in [5, 5.41) is 3.90. The zero-order valence-electron chi connectivity index (χ0n) is 12.6. The third kappa shape index (κ3) is 4.35. The summed E-state index contributed by atoms with van der Waals surface area (Å²) in [4.78, 5) is 0. The second-order valence-corrected chi connectivity index (χ2v) is 6.11. The SMILES string of the molecule is CCCC(N[C@H](C)C1CCCCC1)c1ccccc1. The van der Waals surface area contributed by atoms with Gasteiger partial charge in [0, 0.05) is 12.1 Å². The molecule has 1 unspecified atom stereocenters. The summed E-state index contributed by atoms with van der Waals surface area (Å²) >= 11 is 0. The van der Waals surface area contributed by atoms with Crippen LogP contribution in [0.5, 0.6) is 0 Å². The summed E-state index contributed by atoms with van der Waals surface area (Å²) in [5.74, 6) is 0.886. The first-order chi connectivity index (χ1) is 9.31. The average molecular weight is 259 g/mol. The number of hydrogen-bond donors (Lipinski definition) is 1. The van der Waals surface area contributed by atoms with E-state index in [1.165, 1.54) is 50.5 Å². The van der Waals surface area contributed by atoms with Gasteiger partial charge in [-0.25, -0.2) is 0 Å². The third-order valence-electron chi connectivity index (χ3n) is 4.60. The second kappa shape index (κ2) is 7.69. The van der Waals surface area contributed by atoms with Crippen LogP contribution in [0.25, 0.3) is 0 Å². The molecule has 1 N–H and O–H groups in total. The van der Waals surface area contributed by atoms with Crippen LogP contribution in [-0.2, 0) is 0 Å². The Morgan fingerprint density at radius 1 is 1.11 bits per heavy atom. The molecule has 0 aromatic heterocycles. The zero-order valence-corrected chi connectivity index (χ0v) is 12.6. The fourth-order valence-electron chi connectivity index (χ4n) is 3.41. The topological polar surface area (TPSA) is 12.0 Å². The lowest BCUT2D eigenvalue weighted by Crippen LogP contribution is -2.37. The number of hydrogen-bond acceptors (Lipinski definition) is 1. The molecule has 0 amide bonds. The Bertz CT molecular complexity index is 340. The maximum absolute atomic E-state index is 3.90. The van der Waals surface area contributed by atoms with Crippen LogP contribution in [0.4, 0.5) is 0 Å². The molecule has 1 aliphatic carbocycles. The van der Waals surface area contributed by atoms with E-state index in [-0.39, 0.29) is 0 Å². The fourth-order valence-corrected chi connectivity index (χ4v) is 3.41. The number of rotatable bonds is 6. The quantitative estimate of drug-likeness (QED) is 0.750. The standard InChI is InChI=1S/C18H29N/c1-3-10-18(17-13-8-5-9-14-17)19-15(2)16-11-6-4-7-12-16/h5,8-9,13-16,18-19H,3-4,6-7,10-12H2,1-2H3/t15-,18?/m1/s1. The first-order valence-electron chi connectivity index (χ1n) is 8.12. The highest BCUT2D eigenvalue weighted by Crippen LogP contribution is 2.28. The van der Waals surface area contributed by atoms with Gasteiger partial charge < -0.3 is 5.32 Å². The van der Waals surface area contributed by atoms with Crippen LogP contribution < -0.4 is 5.32 Å². The molecular formula is C18H29N. The van der Waals surface area contributed by atoms with Gasteiger partial charge >= 0.3 is 0 Å². The molecule has 2 rings (SSSR count). The molecule has 19 heavy (non-hydrogen) atoms. The lowest BCUT2D eigenvalue weighted by molar-refractivity contribution is 0.260. The molecule has 0 saturated heterocycles. The minimum atomic E-state index is 0.531. The predicted molar refractivity (Wildman–Crippen MR) is 83.3 cm³/mol. The van der Waals surface area contributed by atoms with E-state index >= 15 is 0 Å². The molecule has 1 saturated carbocycles. The molecule has 2 atom stereocenters. The summed E-state index contributed by atoms with van der Waals surface area (Å²) in [5.41, 5.74) is 1.45. The van der Waals surface area contributed by atoms with Crippen molar-refractivity contribution >= 4 is 0 Å². The van der Waals surface area contributed by atoms with Crippen molar-refractivity contribution in [3.63, 3.8) is 0 Å². The van der Waals surface area contributed by atoms with Crippen molar-refractivity contribution in [2.75, 3.05) is 0 Å². The van der Waals surface area contributed by atoms with Crippen LogP contribution in [0, 0.1) is 5.92 Å². The van der Waals surface area contributed by atoms with Gasteiger partial charge in [-0.2, -0.15) is 0 Å². The molecule has 1 aromatic rings. The largest absolute Gasteiger partial charge is 0.307 e. The van der Waals surface area contributed by atoms with Crippen LogP contribution in [0.15, 0.2) is 30.3 Å². The van der Waals surface area contributed by atoms with Crippen LogP contribution in [-0.4, -0.2) is 6.04 Å². The van der Waals surface area contributed by atoms with Gasteiger partial charge in [0.1, 0.15) is 0 Å². The van der Waals surface area contributed by atoms with Crippen molar-refractivity contribution in [1.82, 2.24) is 5.32 Å². The van der Waals surface area contributed by atoms with Crippen molar-refractivity contribution in [2.24, 2.45) is 5.92 Å². The minimum Gasteiger partial charge on any atom is -0.307 e. The molecule has 1 aromatic carbocycles. The van der Waals surface area contributed by atoms with E-state index in [0.717, 1.165) is 5.92 Å². The monoisotopic (exact) mass is 259 g/mol. The van der Waals surface area contributed by atoms with Crippen LogP contribution >= 0.6 is 0 Å². The van der Waals surface area contributed by atoms with E-state index in [1.54, 1.807) is 0 Å². The van der Waals surface area contributed by atoms with E-state index < -0.39 is 0 Å². The lowest BCUT2D eigenvalue weighted by atomic mass is 9.84. The number of nitrogens with one attached hydrogen (secondary N) is 1. The highest BCUT2D eigenvalue weighted by atomic mass is 15.0. The Kier molecular flexibility index (Phi) is 5.91. The summed E-state index contributed by atoms with van der Waals surface area (Å²) in [6.45, 7) is 4.67. The molecule has 0 heterocycles. The van der Waals surface area contributed by atoms with Gasteiger partial charge in [0.05, 0.1) is 0 Å². The summed E-state index contributed by atoms with van der Waals surface area (Å²) in [7, 11) is 0. The van der Waals surface area contributed by atoms with Gasteiger partial charge in [-0.15, -0.1) is 0 Å². The maximum Gasteiger partial charge on any atom is 0.0322 e. The number of benzene rings is 1. The van der Waals surface area contributed by atoms with Gasteiger partial charge in [-0.1, -0.05) is 62.9 Å². The van der Waals surface area contributed by atoms with E-state index in [0.29, 0.717) is 12.1 Å². The highest BCUT2D eigenvalue weighted by Gasteiger charge is 2.22. The van der Waals surface area contributed by atoms with Crippen LogP contribution in [0.3, 0.4) is 0 Å². The normalized spacial score (nSPS) is 20.1. The van der Waals surface area contributed by atoms with E-state index in [2.05, 4.69) is 49.5 Å². The van der Waals surface area contributed by atoms with Gasteiger partial charge in [0.15, 0.2) is 0 Å². The Morgan fingerprint density at radius 3 is 2.42 bits per heavy atom. The smallest absolute Gasteiger partial charge is 0.0322 e. The molecule has 0 aliphatic heterocycles. The zero-order chi connectivity index (χ0) is 13.5. The van der Waals surface area contributed by atoms with Crippen molar-refractivity contribution in [2.45, 2.75) is 70.9 Å². The minimum absolute atomic E-state index is 0.531. The molecular weight excluding hydrogens is 230 g/mol. The van der Waals surface area contributed by atoms with Crippen LogP contribution in [0.2, 0.25) is 0 Å². The van der Waals surface area contributed by atoms with Gasteiger partial charge in [0.25, 0.3) is 0 Å². The van der Waals surface area contributed by atoms with Crippen molar-refractivity contribution in [1.29, 1.82) is 0 Å². The highest BCUT2D eigenvalue weighted by molar-refractivity contribution is 5.19. The van der Waals surface area contributed by atoms with Gasteiger partial charge in [-0.05, 0) is 37.7 Å². The van der Waals surface area contributed by atoms with Crippen molar-refractivity contribution < 1.29 is 0 Å². The van der Waals surface area contributed by atoms with Crippen molar-refractivity contribution in [3.8, 4) is 0 Å². The molecule has 1 aliphatic rings. The Morgan fingerprint density at radius 2 is 1.79 bits per heavy atom. The van der Waals surface area contributed by atoms with E-state index in [9.17, 15) is 0 Å². The summed E-state index contributed by atoms with van der Waals surface area (Å²) in [6, 6.07) is 12.1. The fraction of sp³-hybridized carbons (Fsp3) is 0.667. The Labute approximate surface area is 118 Å². The van der Waals surface area contributed by atoms with E-state index in [1.807, 2.05) is 0 Å². The summed E-state index contributed by atoms with van der Waals surface area (Å²) < 4.78 is 0. The molecule has 0 radical (unpaired) electrons. The van der Waals surface area contributed by atoms with Crippen LogP contribution in [0.1, 0.15) is 70.4 Å². The molecule has 0 bridgehead atoms. The Hall–Kier alpha value is -0.820. The molecule has 106 valence electrons. The first kappa shape index (κ1) is 14.6. The summed E-state index contributed by atoms with van der Waals surface area (Å²) in [6.07, 6.45) is 9.62. The van der Waals surface area contributed by atoms with Gasteiger partial charge in [-0.3, -0.25) is 0 Å². The van der Waals surface area contributed by atoms with Gasteiger partial charge in [0.2, 0.25) is 0 Å². The van der Waals surface area contributed by atoms with E-state index in [4.69, 9.17) is 0 Å². The Balaban J connectivity index is 1.96. The second-order valence-electron chi connectivity index (χ2n) is 6.11.